The van der Waals surface area contributed by atoms with Gasteiger partial charge in [0.1, 0.15) is 16.0 Å². The largest absolute Gasteiger partial charge is 0.495 e. The van der Waals surface area contributed by atoms with E-state index in [4.69, 9.17) is 9.47 Å². The van der Waals surface area contributed by atoms with E-state index in [-0.39, 0.29) is 5.41 Å². The summed E-state index contributed by atoms with van der Waals surface area (Å²) in [4.78, 5) is 0. The van der Waals surface area contributed by atoms with E-state index < -0.39 is 5.60 Å². The summed E-state index contributed by atoms with van der Waals surface area (Å²) in [7, 11) is 3.24. The molecule has 0 saturated heterocycles. The predicted octanol–water partition coefficient (Wildman–Crippen LogP) is 3.86. The van der Waals surface area contributed by atoms with Crippen LogP contribution in [0.1, 0.15) is 38.7 Å². The second-order valence-corrected chi connectivity index (χ2v) is 6.83. The molecule has 1 unspecified atom stereocenters. The van der Waals surface area contributed by atoms with E-state index >= 15 is 0 Å². The van der Waals surface area contributed by atoms with E-state index in [1.807, 2.05) is 12.1 Å². The molecule has 106 valence electrons. The molecule has 1 fully saturated rings. The minimum atomic E-state index is -0.816. The van der Waals surface area contributed by atoms with Crippen LogP contribution in [0.2, 0.25) is 0 Å². The molecule has 1 aliphatic carbocycles. The Hall–Kier alpha value is -0.740. The van der Waals surface area contributed by atoms with Crippen molar-refractivity contribution in [3.05, 3.63) is 22.2 Å². The third-order valence-electron chi connectivity index (χ3n) is 3.97. The van der Waals surface area contributed by atoms with Crippen molar-refractivity contribution in [1.29, 1.82) is 0 Å². The van der Waals surface area contributed by atoms with Crippen LogP contribution in [0.25, 0.3) is 0 Å². The highest BCUT2D eigenvalue weighted by Gasteiger charge is 2.44. The van der Waals surface area contributed by atoms with Crippen molar-refractivity contribution in [3.8, 4) is 11.5 Å². The number of benzene rings is 1. The number of hydrogen-bond donors (Lipinski definition) is 1. The first-order valence-corrected chi connectivity index (χ1v) is 7.26. The summed E-state index contributed by atoms with van der Waals surface area (Å²) in [6.45, 7) is 4.38. The van der Waals surface area contributed by atoms with Gasteiger partial charge < -0.3 is 14.6 Å². The monoisotopic (exact) mass is 328 g/mol. The minimum Gasteiger partial charge on any atom is -0.495 e. The molecule has 1 saturated carbocycles. The number of hydrogen-bond acceptors (Lipinski definition) is 3. The molecular formula is C15H21BrO3. The van der Waals surface area contributed by atoms with Crippen LogP contribution in [0.5, 0.6) is 11.5 Å². The first-order valence-electron chi connectivity index (χ1n) is 6.46. The quantitative estimate of drug-likeness (QED) is 0.915. The van der Waals surface area contributed by atoms with Gasteiger partial charge in [0.2, 0.25) is 0 Å². The summed E-state index contributed by atoms with van der Waals surface area (Å²) >= 11 is 3.49. The number of methoxy groups -OCH3 is 2. The van der Waals surface area contributed by atoms with Gasteiger partial charge in [-0.2, -0.15) is 0 Å². The predicted molar refractivity (Wildman–Crippen MR) is 78.8 cm³/mol. The lowest BCUT2D eigenvalue weighted by molar-refractivity contribution is 0.0313. The Bertz CT molecular complexity index is 485. The molecule has 0 aromatic heterocycles. The summed E-state index contributed by atoms with van der Waals surface area (Å²) in [6, 6.07) is 3.77. The van der Waals surface area contributed by atoms with Gasteiger partial charge in [0.15, 0.2) is 0 Å². The Balaban J connectivity index is 2.49. The van der Waals surface area contributed by atoms with Crippen LogP contribution in [-0.4, -0.2) is 19.3 Å². The molecule has 1 N–H and O–H groups in total. The Morgan fingerprint density at radius 3 is 2.32 bits per heavy atom. The first-order chi connectivity index (χ1) is 8.83. The molecule has 1 atom stereocenters. The molecule has 0 radical (unpaired) electrons. The summed E-state index contributed by atoms with van der Waals surface area (Å²) in [6.07, 6.45) is 2.51. The maximum absolute atomic E-state index is 11.0. The standard InChI is InChI=1S/C15H21BrO3/c1-14(2)7-8-15(17,9-14)10-5-6-11(18-3)12(16)13(10)19-4/h5-6,17H,7-9H2,1-4H3. The summed E-state index contributed by atoms with van der Waals surface area (Å²) < 4.78 is 11.5. The lowest BCUT2D eigenvalue weighted by Gasteiger charge is -2.28. The fourth-order valence-electron chi connectivity index (χ4n) is 3.01. The highest BCUT2D eigenvalue weighted by molar-refractivity contribution is 9.10. The van der Waals surface area contributed by atoms with E-state index in [0.29, 0.717) is 11.5 Å². The van der Waals surface area contributed by atoms with Gasteiger partial charge in [-0.1, -0.05) is 13.8 Å². The van der Waals surface area contributed by atoms with Gasteiger partial charge in [0.25, 0.3) is 0 Å². The van der Waals surface area contributed by atoms with Crippen molar-refractivity contribution in [1.82, 2.24) is 0 Å². The topological polar surface area (TPSA) is 38.7 Å². The molecular weight excluding hydrogens is 308 g/mol. The molecule has 0 amide bonds. The normalized spacial score (nSPS) is 25.4. The highest BCUT2D eigenvalue weighted by Crippen LogP contribution is 2.53. The Labute approximate surface area is 123 Å². The van der Waals surface area contributed by atoms with Crippen LogP contribution in [0.4, 0.5) is 0 Å². The average Bonchev–Trinajstić information content (AvgIpc) is 2.64. The fraction of sp³-hybridized carbons (Fsp3) is 0.600. The van der Waals surface area contributed by atoms with E-state index in [1.54, 1.807) is 14.2 Å². The Morgan fingerprint density at radius 1 is 1.16 bits per heavy atom. The Kier molecular flexibility index (Phi) is 3.85. The summed E-state index contributed by atoms with van der Waals surface area (Å²) in [5.41, 5.74) is 0.184. The van der Waals surface area contributed by atoms with Crippen molar-refractivity contribution >= 4 is 15.9 Å². The zero-order chi connectivity index (χ0) is 14.3. The fourth-order valence-corrected chi connectivity index (χ4v) is 3.67. The maximum Gasteiger partial charge on any atom is 0.142 e. The molecule has 0 heterocycles. The van der Waals surface area contributed by atoms with Gasteiger partial charge in [-0.25, -0.2) is 0 Å². The minimum absolute atomic E-state index is 0.159. The van der Waals surface area contributed by atoms with Gasteiger partial charge in [-0.3, -0.25) is 0 Å². The summed E-state index contributed by atoms with van der Waals surface area (Å²) in [5, 5.41) is 11.0. The second kappa shape index (κ2) is 4.98. The van der Waals surface area contributed by atoms with Crippen molar-refractivity contribution in [2.45, 2.75) is 38.7 Å². The van der Waals surface area contributed by atoms with Gasteiger partial charge >= 0.3 is 0 Å². The Morgan fingerprint density at radius 2 is 1.84 bits per heavy atom. The zero-order valence-electron chi connectivity index (χ0n) is 11.9. The number of rotatable bonds is 3. The van der Waals surface area contributed by atoms with Crippen molar-refractivity contribution in [2.75, 3.05) is 14.2 Å². The van der Waals surface area contributed by atoms with Gasteiger partial charge in [0.05, 0.1) is 19.8 Å². The molecule has 4 heteroatoms. The van der Waals surface area contributed by atoms with Crippen molar-refractivity contribution < 1.29 is 14.6 Å². The van der Waals surface area contributed by atoms with Crippen LogP contribution in [-0.2, 0) is 5.60 Å². The number of halogens is 1. The van der Waals surface area contributed by atoms with Crippen LogP contribution >= 0.6 is 15.9 Å². The first kappa shape index (κ1) is 14.7. The van der Waals surface area contributed by atoms with Crippen LogP contribution in [0, 0.1) is 5.41 Å². The SMILES string of the molecule is COc1ccc(C2(O)CCC(C)(C)C2)c(OC)c1Br. The van der Waals surface area contributed by atoms with E-state index in [1.165, 1.54) is 0 Å². The lowest BCUT2D eigenvalue weighted by Crippen LogP contribution is -2.24. The zero-order valence-corrected chi connectivity index (χ0v) is 13.5. The van der Waals surface area contributed by atoms with Crippen LogP contribution in [0.3, 0.4) is 0 Å². The van der Waals surface area contributed by atoms with Crippen LogP contribution in [0.15, 0.2) is 16.6 Å². The van der Waals surface area contributed by atoms with Gasteiger partial charge in [-0.05, 0) is 52.7 Å². The van der Waals surface area contributed by atoms with E-state index in [0.717, 1.165) is 29.3 Å². The van der Waals surface area contributed by atoms with E-state index in [2.05, 4.69) is 29.8 Å². The number of aliphatic hydroxyl groups is 1. The third-order valence-corrected chi connectivity index (χ3v) is 4.72. The molecule has 0 spiro atoms. The highest BCUT2D eigenvalue weighted by atomic mass is 79.9. The van der Waals surface area contributed by atoms with Crippen molar-refractivity contribution in [2.24, 2.45) is 5.41 Å². The lowest BCUT2D eigenvalue weighted by atomic mass is 9.85. The molecule has 0 aliphatic heterocycles. The average molecular weight is 329 g/mol. The summed E-state index contributed by atoms with van der Waals surface area (Å²) in [5.74, 6) is 1.38. The molecule has 19 heavy (non-hydrogen) atoms. The molecule has 3 nitrogen and oxygen atoms in total. The maximum atomic E-state index is 11.0. The molecule has 1 aromatic carbocycles. The smallest absolute Gasteiger partial charge is 0.142 e. The van der Waals surface area contributed by atoms with E-state index in [9.17, 15) is 5.11 Å². The van der Waals surface area contributed by atoms with Crippen molar-refractivity contribution in [3.63, 3.8) is 0 Å². The number of ether oxygens (including phenoxy) is 2. The molecule has 1 aromatic rings. The van der Waals surface area contributed by atoms with Gasteiger partial charge in [0, 0.05) is 5.56 Å². The second-order valence-electron chi connectivity index (χ2n) is 6.04. The van der Waals surface area contributed by atoms with Crippen LogP contribution < -0.4 is 9.47 Å². The molecule has 2 rings (SSSR count). The third kappa shape index (κ3) is 2.61. The molecule has 1 aliphatic rings. The van der Waals surface area contributed by atoms with Gasteiger partial charge in [-0.15, -0.1) is 0 Å². The molecule has 0 bridgehead atoms.